The summed E-state index contributed by atoms with van der Waals surface area (Å²) in [7, 11) is -1.99. The van der Waals surface area contributed by atoms with Gasteiger partial charge >= 0.3 is 10.0 Å². The summed E-state index contributed by atoms with van der Waals surface area (Å²) in [5.41, 5.74) is 0.604. The average Bonchev–Trinajstić information content (AvgIpc) is 3.00. The van der Waals surface area contributed by atoms with E-state index < -0.39 is 10.0 Å². The predicted molar refractivity (Wildman–Crippen MR) is 92.9 cm³/mol. The Kier molecular flexibility index (Phi) is 6.31. The van der Waals surface area contributed by atoms with Crippen molar-refractivity contribution >= 4 is 38.9 Å². The van der Waals surface area contributed by atoms with E-state index in [4.69, 9.17) is 17.0 Å². The minimum Gasteiger partial charge on any atom is -0.383 e. The minimum absolute atomic E-state index is 0.184. The van der Waals surface area contributed by atoms with Gasteiger partial charge in [-0.1, -0.05) is 6.07 Å². The molecule has 0 unspecified atom stereocenters. The molecule has 1 aromatic carbocycles. The van der Waals surface area contributed by atoms with Crippen molar-refractivity contribution in [2.24, 2.45) is 0 Å². The van der Waals surface area contributed by atoms with E-state index in [1.807, 2.05) is 0 Å². The standard InChI is InChI=1S/C14H20N4O3S2/c1-21-9-8-16-14(22)17-11-4-2-5-12(10-11)23(19,20)18-13-6-3-7-15-13/h2,4-5,10H,3,6-9H2,1H3,(H,15,18)(H2,16,17,22)/p+1. The van der Waals surface area contributed by atoms with Gasteiger partial charge in [0.2, 0.25) is 0 Å². The van der Waals surface area contributed by atoms with Gasteiger partial charge < -0.3 is 15.4 Å². The van der Waals surface area contributed by atoms with Crippen molar-refractivity contribution in [2.75, 3.05) is 32.1 Å². The fraction of sp³-hybridized carbons (Fsp3) is 0.429. The van der Waals surface area contributed by atoms with Crippen molar-refractivity contribution in [2.45, 2.75) is 17.7 Å². The summed E-state index contributed by atoms with van der Waals surface area (Å²) in [6, 6.07) is 6.51. The highest BCUT2D eigenvalue weighted by molar-refractivity contribution is 7.90. The maximum absolute atomic E-state index is 12.4. The Balaban J connectivity index is 2.02. The summed E-state index contributed by atoms with van der Waals surface area (Å²) in [6.45, 7) is 1.90. The molecule has 1 aliphatic heterocycles. The van der Waals surface area contributed by atoms with Crippen LogP contribution in [0.1, 0.15) is 12.8 Å². The van der Waals surface area contributed by atoms with Crippen LogP contribution in [0, 0.1) is 0 Å². The molecule has 0 radical (unpaired) electrons. The van der Waals surface area contributed by atoms with Crippen LogP contribution < -0.4 is 20.3 Å². The lowest BCUT2D eigenvalue weighted by Crippen LogP contribution is -2.72. The van der Waals surface area contributed by atoms with Gasteiger partial charge in [0.25, 0.3) is 5.84 Å². The summed E-state index contributed by atoms with van der Waals surface area (Å²) in [4.78, 5) is 3.21. The van der Waals surface area contributed by atoms with Crippen molar-refractivity contribution in [1.82, 2.24) is 10.0 Å². The van der Waals surface area contributed by atoms with E-state index >= 15 is 0 Å². The summed E-state index contributed by atoms with van der Waals surface area (Å²) in [6.07, 6.45) is 1.64. The van der Waals surface area contributed by atoms with Gasteiger partial charge in [0, 0.05) is 19.3 Å². The van der Waals surface area contributed by atoms with Gasteiger partial charge in [-0.2, -0.15) is 13.1 Å². The summed E-state index contributed by atoms with van der Waals surface area (Å²) < 4.78 is 32.2. The van der Waals surface area contributed by atoms with E-state index in [0.29, 0.717) is 36.2 Å². The third kappa shape index (κ3) is 5.45. The number of hydrogen-bond acceptors (Lipinski definition) is 4. The Morgan fingerprint density at radius 3 is 2.96 bits per heavy atom. The maximum atomic E-state index is 12.4. The fourth-order valence-corrected chi connectivity index (χ4v) is 3.46. The SMILES string of the molecule is COCCNC(=S)Nc1cccc(S(=O)(=O)NC2=[NH+]CCC2)c1. The molecule has 9 heteroatoms. The topological polar surface area (TPSA) is 93.4 Å². The molecule has 7 nitrogen and oxygen atoms in total. The Morgan fingerprint density at radius 2 is 2.26 bits per heavy atom. The molecule has 0 aromatic heterocycles. The molecule has 0 bridgehead atoms. The largest absolute Gasteiger partial charge is 0.383 e. The van der Waals surface area contributed by atoms with E-state index in [0.717, 1.165) is 13.0 Å². The van der Waals surface area contributed by atoms with Crippen LogP contribution in [0.2, 0.25) is 0 Å². The molecule has 4 N–H and O–H groups in total. The number of sulfonamides is 1. The molecule has 0 aliphatic carbocycles. The maximum Gasteiger partial charge on any atom is 0.328 e. The fourth-order valence-electron chi connectivity index (χ4n) is 2.08. The van der Waals surface area contributed by atoms with Crippen molar-refractivity contribution < 1.29 is 18.1 Å². The molecule has 0 saturated heterocycles. The smallest absolute Gasteiger partial charge is 0.328 e. The molecular weight excluding hydrogens is 336 g/mol. The molecule has 0 saturated carbocycles. The second kappa shape index (κ2) is 8.23. The van der Waals surface area contributed by atoms with E-state index in [-0.39, 0.29) is 4.90 Å². The van der Waals surface area contributed by atoms with Crippen LogP contribution in [-0.4, -0.2) is 46.2 Å². The van der Waals surface area contributed by atoms with Crippen molar-refractivity contribution in [3.63, 3.8) is 0 Å². The van der Waals surface area contributed by atoms with Crippen LogP contribution in [0.3, 0.4) is 0 Å². The van der Waals surface area contributed by atoms with Gasteiger partial charge in [-0.25, -0.2) is 0 Å². The number of ether oxygens (including phenoxy) is 1. The first-order valence-corrected chi connectivity index (χ1v) is 9.17. The number of nitrogens with one attached hydrogen (secondary N) is 4. The first kappa shape index (κ1) is 17.6. The number of rotatable bonds is 6. The number of methoxy groups -OCH3 is 1. The van der Waals surface area contributed by atoms with Crippen LogP contribution in [0.5, 0.6) is 0 Å². The highest BCUT2D eigenvalue weighted by Gasteiger charge is 2.24. The average molecular weight is 357 g/mol. The van der Waals surface area contributed by atoms with Crippen molar-refractivity contribution in [3.05, 3.63) is 24.3 Å². The van der Waals surface area contributed by atoms with Crippen molar-refractivity contribution in [1.29, 1.82) is 0 Å². The Labute approximate surface area is 141 Å². The molecule has 0 atom stereocenters. The van der Waals surface area contributed by atoms with Gasteiger partial charge in [0.05, 0.1) is 19.6 Å². The third-order valence-electron chi connectivity index (χ3n) is 3.19. The number of hydrogen-bond donors (Lipinski definition) is 4. The molecule has 0 amide bonds. The van der Waals surface area contributed by atoms with E-state index in [1.165, 1.54) is 0 Å². The highest BCUT2D eigenvalue weighted by atomic mass is 32.2. The normalized spacial score (nSPS) is 14.2. The monoisotopic (exact) mass is 357 g/mol. The van der Waals surface area contributed by atoms with Crippen molar-refractivity contribution in [3.8, 4) is 0 Å². The first-order valence-electron chi connectivity index (χ1n) is 7.27. The number of anilines is 1. The number of benzene rings is 1. The van der Waals surface area contributed by atoms with E-state index in [9.17, 15) is 8.42 Å². The van der Waals surface area contributed by atoms with E-state index in [1.54, 1.807) is 31.4 Å². The van der Waals surface area contributed by atoms with Crippen LogP contribution in [0.4, 0.5) is 5.69 Å². The first-order chi connectivity index (χ1) is 11.0. The minimum atomic E-state index is -3.60. The second-order valence-corrected chi connectivity index (χ2v) is 7.11. The molecule has 126 valence electrons. The molecule has 23 heavy (non-hydrogen) atoms. The zero-order valence-electron chi connectivity index (χ0n) is 12.9. The lowest BCUT2D eigenvalue weighted by Gasteiger charge is -2.11. The zero-order valence-corrected chi connectivity index (χ0v) is 14.5. The number of thiocarbonyl (C=S) groups is 1. The zero-order chi connectivity index (χ0) is 16.7. The van der Waals surface area contributed by atoms with Gasteiger partial charge in [0.15, 0.2) is 5.11 Å². The second-order valence-electron chi connectivity index (χ2n) is 5.02. The molecule has 0 fully saturated rings. The highest BCUT2D eigenvalue weighted by Crippen LogP contribution is 2.15. The molecular formula is C14H21N4O3S2+. The lowest BCUT2D eigenvalue weighted by molar-refractivity contribution is -0.448. The quantitative estimate of drug-likeness (QED) is 0.392. The van der Waals surface area contributed by atoms with Gasteiger partial charge in [-0.3, -0.25) is 4.99 Å². The van der Waals surface area contributed by atoms with E-state index in [2.05, 4.69) is 20.3 Å². The molecule has 1 heterocycles. The molecule has 1 aromatic rings. The van der Waals surface area contributed by atoms with Crippen LogP contribution in [0.15, 0.2) is 29.2 Å². The molecule has 2 rings (SSSR count). The summed E-state index contributed by atoms with van der Waals surface area (Å²) in [5.74, 6) is 0.639. The third-order valence-corrected chi connectivity index (χ3v) is 4.83. The lowest BCUT2D eigenvalue weighted by atomic mass is 10.3. The van der Waals surface area contributed by atoms with Gasteiger partial charge in [-0.15, -0.1) is 0 Å². The molecule has 0 spiro atoms. The Hall–Kier alpha value is -1.71. The summed E-state index contributed by atoms with van der Waals surface area (Å²) in [5, 5.41) is 6.34. The summed E-state index contributed by atoms with van der Waals surface area (Å²) >= 11 is 5.14. The van der Waals surface area contributed by atoms with Gasteiger partial charge in [0.1, 0.15) is 4.90 Å². The van der Waals surface area contributed by atoms with Crippen LogP contribution >= 0.6 is 12.2 Å². The molecule has 1 aliphatic rings. The predicted octanol–water partition coefficient (Wildman–Crippen LogP) is -0.829. The Bertz CT molecular complexity index is 689. The van der Waals surface area contributed by atoms with Crippen LogP contribution in [-0.2, 0) is 14.8 Å². The number of amidine groups is 1. The Morgan fingerprint density at radius 1 is 1.43 bits per heavy atom. The van der Waals surface area contributed by atoms with Gasteiger partial charge in [-0.05, 0) is 36.8 Å². The van der Waals surface area contributed by atoms with Crippen LogP contribution in [0.25, 0.3) is 0 Å².